The summed E-state index contributed by atoms with van der Waals surface area (Å²) in [5.41, 5.74) is 0. The van der Waals surface area contributed by atoms with Crippen LogP contribution in [0.15, 0.2) is 0 Å². The molecule has 0 amide bonds. The largest absolute Gasteiger partial charge is 0.317 e. The Hall–Kier alpha value is -0.0800. The molecule has 2 fully saturated rings. The van der Waals surface area contributed by atoms with Gasteiger partial charge in [-0.3, -0.25) is 0 Å². The Bertz CT molecular complexity index is 197. The number of hydrogen-bond donors (Lipinski definition) is 1. The zero-order chi connectivity index (χ0) is 11.4. The maximum atomic E-state index is 3.42. The predicted molar refractivity (Wildman–Crippen MR) is 69.7 cm³/mol. The Morgan fingerprint density at radius 2 is 1.62 bits per heavy atom. The molecule has 2 heteroatoms. The van der Waals surface area contributed by atoms with Gasteiger partial charge in [0.25, 0.3) is 0 Å². The monoisotopic (exact) mass is 224 g/mol. The second kappa shape index (κ2) is 6.02. The summed E-state index contributed by atoms with van der Waals surface area (Å²) in [5, 5.41) is 3.42. The topological polar surface area (TPSA) is 15.3 Å². The Balaban J connectivity index is 1.86. The van der Waals surface area contributed by atoms with Crippen LogP contribution in [-0.4, -0.2) is 37.1 Å². The van der Waals surface area contributed by atoms with Gasteiger partial charge in [-0.1, -0.05) is 26.2 Å². The van der Waals surface area contributed by atoms with E-state index in [2.05, 4.69) is 24.2 Å². The molecule has 0 bridgehead atoms. The van der Waals surface area contributed by atoms with Crippen molar-refractivity contribution in [1.29, 1.82) is 0 Å². The molecule has 2 atom stereocenters. The highest BCUT2D eigenvalue weighted by Crippen LogP contribution is 2.28. The Morgan fingerprint density at radius 3 is 2.31 bits per heavy atom. The Labute approximate surface area is 101 Å². The van der Waals surface area contributed by atoms with Crippen LogP contribution in [0.5, 0.6) is 0 Å². The molecule has 2 rings (SSSR count). The molecule has 2 nitrogen and oxygen atoms in total. The summed E-state index contributed by atoms with van der Waals surface area (Å²) in [6, 6.07) is 1.66. The van der Waals surface area contributed by atoms with Crippen LogP contribution in [0, 0.1) is 5.92 Å². The van der Waals surface area contributed by atoms with Crippen molar-refractivity contribution in [2.24, 2.45) is 5.92 Å². The van der Waals surface area contributed by atoms with E-state index in [-0.39, 0.29) is 0 Å². The molecule has 1 heterocycles. The minimum absolute atomic E-state index is 0.775. The summed E-state index contributed by atoms with van der Waals surface area (Å²) in [5.74, 6) is 0.925. The van der Waals surface area contributed by atoms with Crippen molar-refractivity contribution < 1.29 is 0 Å². The van der Waals surface area contributed by atoms with Gasteiger partial charge >= 0.3 is 0 Å². The van der Waals surface area contributed by atoms with E-state index in [1.54, 1.807) is 0 Å². The SMILES string of the molecule is CNC1CCN(C2CCCCCC2C)CC1. The van der Waals surface area contributed by atoms with E-state index in [4.69, 9.17) is 0 Å². The number of nitrogens with one attached hydrogen (secondary N) is 1. The number of piperidine rings is 1. The van der Waals surface area contributed by atoms with Crippen LogP contribution in [-0.2, 0) is 0 Å². The van der Waals surface area contributed by atoms with Crippen LogP contribution in [0.2, 0.25) is 0 Å². The lowest BCUT2D eigenvalue weighted by Gasteiger charge is -2.39. The third-order valence-electron chi connectivity index (χ3n) is 4.72. The quantitative estimate of drug-likeness (QED) is 0.725. The zero-order valence-corrected chi connectivity index (χ0v) is 11.0. The molecule has 1 aliphatic heterocycles. The van der Waals surface area contributed by atoms with Gasteiger partial charge in [0.05, 0.1) is 0 Å². The first-order valence-electron chi connectivity index (χ1n) is 7.22. The van der Waals surface area contributed by atoms with Gasteiger partial charge in [0.2, 0.25) is 0 Å². The van der Waals surface area contributed by atoms with Gasteiger partial charge < -0.3 is 10.2 Å². The maximum absolute atomic E-state index is 3.42. The first kappa shape index (κ1) is 12.4. The lowest BCUT2D eigenvalue weighted by molar-refractivity contribution is 0.104. The number of nitrogens with zero attached hydrogens (tertiary/aromatic N) is 1. The Kier molecular flexibility index (Phi) is 4.66. The van der Waals surface area contributed by atoms with E-state index in [0.29, 0.717) is 0 Å². The summed E-state index contributed by atoms with van der Waals surface area (Å²) in [6.07, 6.45) is 9.99. The molecular formula is C14H28N2. The molecule has 16 heavy (non-hydrogen) atoms. The van der Waals surface area contributed by atoms with Crippen molar-refractivity contribution >= 4 is 0 Å². The van der Waals surface area contributed by atoms with Gasteiger partial charge in [-0.05, 0) is 51.7 Å². The molecule has 94 valence electrons. The normalized spacial score (nSPS) is 34.9. The van der Waals surface area contributed by atoms with Crippen molar-refractivity contribution in [3.63, 3.8) is 0 Å². The van der Waals surface area contributed by atoms with Gasteiger partial charge in [0.1, 0.15) is 0 Å². The minimum Gasteiger partial charge on any atom is -0.317 e. The van der Waals surface area contributed by atoms with E-state index in [9.17, 15) is 0 Å². The van der Waals surface area contributed by atoms with Crippen LogP contribution < -0.4 is 5.32 Å². The third kappa shape index (κ3) is 2.98. The summed E-state index contributed by atoms with van der Waals surface area (Å²) in [4.78, 5) is 2.78. The van der Waals surface area contributed by atoms with Crippen LogP contribution in [0.25, 0.3) is 0 Å². The summed E-state index contributed by atoms with van der Waals surface area (Å²) in [6.45, 7) is 5.11. The predicted octanol–water partition coefficient (Wildman–Crippen LogP) is 2.64. The van der Waals surface area contributed by atoms with Gasteiger partial charge in [-0.25, -0.2) is 0 Å². The molecule has 0 radical (unpaired) electrons. The van der Waals surface area contributed by atoms with E-state index in [1.165, 1.54) is 58.0 Å². The first-order chi connectivity index (χ1) is 7.81. The first-order valence-corrected chi connectivity index (χ1v) is 7.22. The lowest BCUT2D eigenvalue weighted by Crippen LogP contribution is -2.47. The summed E-state index contributed by atoms with van der Waals surface area (Å²) >= 11 is 0. The summed E-state index contributed by atoms with van der Waals surface area (Å²) < 4.78 is 0. The molecular weight excluding hydrogens is 196 g/mol. The molecule has 0 aromatic heterocycles. The van der Waals surface area contributed by atoms with Crippen molar-refractivity contribution in [1.82, 2.24) is 10.2 Å². The minimum atomic E-state index is 0.775. The van der Waals surface area contributed by atoms with E-state index in [1.807, 2.05) is 0 Å². The van der Waals surface area contributed by atoms with Gasteiger partial charge in [0.15, 0.2) is 0 Å². The van der Waals surface area contributed by atoms with Gasteiger partial charge in [-0.2, -0.15) is 0 Å². The highest BCUT2D eigenvalue weighted by molar-refractivity contribution is 4.84. The average molecular weight is 224 g/mol. The maximum Gasteiger partial charge on any atom is 0.0121 e. The van der Waals surface area contributed by atoms with Crippen LogP contribution >= 0.6 is 0 Å². The molecule has 2 aliphatic rings. The molecule has 1 saturated heterocycles. The molecule has 2 unspecified atom stereocenters. The smallest absolute Gasteiger partial charge is 0.0121 e. The third-order valence-corrected chi connectivity index (χ3v) is 4.72. The molecule has 1 saturated carbocycles. The standard InChI is InChI=1S/C14H28N2/c1-12-6-4-3-5-7-14(12)16-10-8-13(15-2)9-11-16/h12-15H,3-11H2,1-2H3. The van der Waals surface area contributed by atoms with Crippen molar-refractivity contribution in [2.75, 3.05) is 20.1 Å². The molecule has 0 spiro atoms. The number of hydrogen-bond acceptors (Lipinski definition) is 2. The fourth-order valence-corrected chi connectivity index (χ4v) is 3.54. The van der Waals surface area contributed by atoms with Gasteiger partial charge in [-0.15, -0.1) is 0 Å². The van der Waals surface area contributed by atoms with Crippen LogP contribution in [0.4, 0.5) is 0 Å². The molecule has 0 aromatic carbocycles. The Morgan fingerprint density at radius 1 is 0.938 bits per heavy atom. The highest BCUT2D eigenvalue weighted by atomic mass is 15.2. The van der Waals surface area contributed by atoms with Crippen molar-refractivity contribution in [3.05, 3.63) is 0 Å². The van der Waals surface area contributed by atoms with Crippen LogP contribution in [0.1, 0.15) is 51.9 Å². The van der Waals surface area contributed by atoms with Crippen molar-refractivity contribution in [3.8, 4) is 0 Å². The second-order valence-corrected chi connectivity index (χ2v) is 5.78. The number of likely N-dealkylation sites (tertiary alicyclic amines) is 1. The summed E-state index contributed by atoms with van der Waals surface area (Å²) in [7, 11) is 2.11. The molecule has 1 aliphatic carbocycles. The van der Waals surface area contributed by atoms with E-state index < -0.39 is 0 Å². The molecule has 0 aromatic rings. The number of rotatable bonds is 2. The van der Waals surface area contributed by atoms with Gasteiger partial charge in [0, 0.05) is 12.1 Å². The zero-order valence-electron chi connectivity index (χ0n) is 11.0. The second-order valence-electron chi connectivity index (χ2n) is 5.78. The average Bonchev–Trinajstić information content (AvgIpc) is 2.54. The molecule has 1 N–H and O–H groups in total. The van der Waals surface area contributed by atoms with E-state index in [0.717, 1.165) is 18.0 Å². The fourth-order valence-electron chi connectivity index (χ4n) is 3.54. The van der Waals surface area contributed by atoms with E-state index >= 15 is 0 Å². The fraction of sp³-hybridized carbons (Fsp3) is 1.00. The van der Waals surface area contributed by atoms with Crippen LogP contribution in [0.3, 0.4) is 0 Å². The lowest BCUT2D eigenvalue weighted by atomic mass is 9.92. The highest BCUT2D eigenvalue weighted by Gasteiger charge is 2.28. The van der Waals surface area contributed by atoms with Crippen molar-refractivity contribution in [2.45, 2.75) is 64.0 Å².